The van der Waals surface area contributed by atoms with Crippen molar-refractivity contribution in [1.82, 2.24) is 9.97 Å². The molecule has 1 saturated heterocycles. The summed E-state index contributed by atoms with van der Waals surface area (Å²) in [4.78, 5) is 21.0. The SMILES string of the molecule is C=C(C(=O)Nc1cnc([C@@H]2COC(C)(C)O2)cn1)c1ccc(S(C)(=O)=O)cc1. The van der Waals surface area contributed by atoms with Gasteiger partial charge in [-0.05, 0) is 31.5 Å². The van der Waals surface area contributed by atoms with Crippen molar-refractivity contribution in [3.63, 3.8) is 0 Å². The molecule has 1 amide bonds. The van der Waals surface area contributed by atoms with Crippen molar-refractivity contribution in [2.45, 2.75) is 30.6 Å². The molecule has 1 N–H and O–H groups in total. The third kappa shape index (κ3) is 4.61. The van der Waals surface area contributed by atoms with Crippen LogP contribution < -0.4 is 5.32 Å². The van der Waals surface area contributed by atoms with Crippen LogP contribution in [-0.2, 0) is 24.1 Å². The third-order valence-corrected chi connectivity index (χ3v) is 5.29. The highest BCUT2D eigenvalue weighted by atomic mass is 32.2. The van der Waals surface area contributed by atoms with Crippen LogP contribution in [0.1, 0.15) is 31.2 Å². The Balaban J connectivity index is 1.65. The number of sulfone groups is 1. The van der Waals surface area contributed by atoms with E-state index in [1.165, 1.54) is 36.7 Å². The summed E-state index contributed by atoms with van der Waals surface area (Å²) in [6.45, 7) is 7.79. The molecule has 0 spiro atoms. The van der Waals surface area contributed by atoms with Gasteiger partial charge in [0.2, 0.25) is 0 Å². The largest absolute Gasteiger partial charge is 0.347 e. The smallest absolute Gasteiger partial charge is 0.256 e. The van der Waals surface area contributed by atoms with Gasteiger partial charge in [0.05, 0.1) is 29.6 Å². The average Bonchev–Trinajstić information content (AvgIpc) is 3.01. The minimum Gasteiger partial charge on any atom is -0.347 e. The second kappa shape index (κ2) is 7.42. The van der Waals surface area contributed by atoms with Crippen molar-refractivity contribution < 1.29 is 22.7 Å². The monoisotopic (exact) mass is 403 g/mol. The molecule has 0 saturated carbocycles. The van der Waals surface area contributed by atoms with Crippen molar-refractivity contribution in [2.75, 3.05) is 18.2 Å². The summed E-state index contributed by atoms with van der Waals surface area (Å²) in [5.74, 6) is -0.861. The molecule has 1 aromatic carbocycles. The first-order chi connectivity index (χ1) is 13.0. The zero-order valence-corrected chi connectivity index (χ0v) is 16.6. The van der Waals surface area contributed by atoms with Gasteiger partial charge in [0, 0.05) is 11.8 Å². The number of nitrogens with one attached hydrogen (secondary N) is 1. The molecule has 1 fully saturated rings. The molecule has 0 radical (unpaired) electrons. The predicted molar refractivity (Wildman–Crippen MR) is 103 cm³/mol. The van der Waals surface area contributed by atoms with Gasteiger partial charge in [0.15, 0.2) is 21.4 Å². The van der Waals surface area contributed by atoms with Crippen LogP contribution in [0, 0.1) is 0 Å². The number of ether oxygens (including phenoxy) is 2. The lowest BCUT2D eigenvalue weighted by Crippen LogP contribution is -2.20. The number of nitrogens with zero attached hydrogens (tertiary/aromatic N) is 2. The second-order valence-electron chi connectivity index (χ2n) is 6.87. The molecule has 0 bridgehead atoms. The Bertz CT molecular complexity index is 999. The van der Waals surface area contributed by atoms with Crippen LogP contribution in [0.2, 0.25) is 0 Å². The van der Waals surface area contributed by atoms with Gasteiger partial charge >= 0.3 is 0 Å². The topological polar surface area (TPSA) is 107 Å². The van der Waals surface area contributed by atoms with E-state index in [0.29, 0.717) is 17.9 Å². The van der Waals surface area contributed by atoms with E-state index in [4.69, 9.17) is 9.47 Å². The Morgan fingerprint density at radius 3 is 2.39 bits per heavy atom. The van der Waals surface area contributed by atoms with E-state index < -0.39 is 21.5 Å². The molecule has 0 aliphatic carbocycles. The highest BCUT2D eigenvalue weighted by Crippen LogP contribution is 2.31. The average molecular weight is 403 g/mol. The molecule has 1 aliphatic heterocycles. The van der Waals surface area contributed by atoms with Crippen LogP contribution in [-0.4, -0.2) is 42.9 Å². The first kappa shape index (κ1) is 20.1. The van der Waals surface area contributed by atoms with Crippen LogP contribution >= 0.6 is 0 Å². The molecule has 1 aromatic heterocycles. The highest BCUT2D eigenvalue weighted by Gasteiger charge is 2.34. The summed E-state index contributed by atoms with van der Waals surface area (Å²) in [6.07, 6.45) is 3.77. The van der Waals surface area contributed by atoms with Crippen molar-refractivity contribution >= 4 is 27.1 Å². The zero-order valence-electron chi connectivity index (χ0n) is 15.8. The number of aromatic nitrogens is 2. The van der Waals surface area contributed by atoms with Crippen LogP contribution in [0.25, 0.3) is 5.57 Å². The predicted octanol–water partition coefficient (Wildman–Crippen LogP) is 2.36. The maximum atomic E-state index is 12.4. The molecular weight excluding hydrogens is 382 g/mol. The van der Waals surface area contributed by atoms with Gasteiger partial charge in [-0.15, -0.1) is 0 Å². The number of benzene rings is 1. The summed E-state index contributed by atoms with van der Waals surface area (Å²) in [7, 11) is -3.30. The van der Waals surface area contributed by atoms with Gasteiger partial charge in [-0.2, -0.15) is 0 Å². The third-order valence-electron chi connectivity index (χ3n) is 4.16. The zero-order chi connectivity index (χ0) is 20.5. The Morgan fingerprint density at radius 2 is 1.89 bits per heavy atom. The standard InChI is InChI=1S/C19H21N3O5S/c1-12(13-5-7-14(8-6-13)28(4,24)25)18(23)22-17-10-20-15(9-21-17)16-11-26-19(2,3)27-16/h5-10,16H,1,11H2,2-4H3,(H,21,22,23)/t16-/m0/s1. The van der Waals surface area contributed by atoms with E-state index in [0.717, 1.165) is 6.26 Å². The van der Waals surface area contributed by atoms with Crippen molar-refractivity contribution in [3.05, 3.63) is 54.5 Å². The molecule has 2 heterocycles. The molecule has 1 atom stereocenters. The van der Waals surface area contributed by atoms with Crippen molar-refractivity contribution in [2.24, 2.45) is 0 Å². The number of anilines is 1. The lowest BCUT2D eigenvalue weighted by Gasteiger charge is -2.16. The van der Waals surface area contributed by atoms with Gasteiger partial charge in [-0.25, -0.2) is 13.4 Å². The molecule has 28 heavy (non-hydrogen) atoms. The number of amides is 1. The van der Waals surface area contributed by atoms with E-state index >= 15 is 0 Å². The first-order valence-corrected chi connectivity index (χ1v) is 10.4. The Hall–Kier alpha value is -2.62. The summed E-state index contributed by atoms with van der Waals surface area (Å²) in [5, 5.41) is 2.62. The van der Waals surface area contributed by atoms with Crippen LogP contribution in [0.5, 0.6) is 0 Å². The fraction of sp³-hybridized carbons (Fsp3) is 0.316. The van der Waals surface area contributed by atoms with Crippen molar-refractivity contribution in [3.8, 4) is 0 Å². The van der Waals surface area contributed by atoms with E-state index in [1.54, 1.807) is 0 Å². The Kier molecular flexibility index (Phi) is 5.33. The van der Waals surface area contributed by atoms with Crippen molar-refractivity contribution in [1.29, 1.82) is 0 Å². The van der Waals surface area contributed by atoms with E-state index in [1.807, 2.05) is 13.8 Å². The molecule has 2 aromatic rings. The maximum absolute atomic E-state index is 12.4. The normalized spacial score (nSPS) is 18.6. The van der Waals surface area contributed by atoms with E-state index in [-0.39, 0.29) is 22.4 Å². The number of carbonyl (C=O) groups excluding carboxylic acids is 1. The minimum atomic E-state index is -3.30. The number of hydrogen-bond acceptors (Lipinski definition) is 7. The van der Waals surface area contributed by atoms with Crippen LogP contribution in [0.15, 0.2) is 48.1 Å². The summed E-state index contributed by atoms with van der Waals surface area (Å²) >= 11 is 0. The first-order valence-electron chi connectivity index (χ1n) is 8.50. The van der Waals surface area contributed by atoms with Gasteiger partial charge in [-0.1, -0.05) is 18.7 Å². The summed E-state index contributed by atoms with van der Waals surface area (Å²) < 4.78 is 34.2. The number of rotatable bonds is 5. The molecule has 1 aliphatic rings. The molecule has 8 nitrogen and oxygen atoms in total. The molecule has 148 valence electrons. The maximum Gasteiger partial charge on any atom is 0.256 e. The van der Waals surface area contributed by atoms with Gasteiger partial charge in [0.25, 0.3) is 5.91 Å². The highest BCUT2D eigenvalue weighted by molar-refractivity contribution is 7.90. The Morgan fingerprint density at radius 1 is 1.21 bits per heavy atom. The molecule has 0 unspecified atom stereocenters. The van der Waals surface area contributed by atoms with E-state index in [2.05, 4.69) is 21.9 Å². The number of carbonyl (C=O) groups is 1. The summed E-state index contributed by atoms with van der Waals surface area (Å²) in [5.41, 5.74) is 1.30. The quantitative estimate of drug-likeness (QED) is 0.764. The number of hydrogen-bond donors (Lipinski definition) is 1. The molecule has 9 heteroatoms. The van der Waals surface area contributed by atoms with Gasteiger partial charge < -0.3 is 14.8 Å². The minimum absolute atomic E-state index is 0.173. The fourth-order valence-corrected chi connectivity index (χ4v) is 3.26. The molecule has 3 rings (SSSR count). The molecular formula is C19H21N3O5S. The summed E-state index contributed by atoms with van der Waals surface area (Å²) in [6, 6.07) is 5.93. The lowest BCUT2D eigenvalue weighted by atomic mass is 10.1. The fourth-order valence-electron chi connectivity index (χ4n) is 2.63. The van der Waals surface area contributed by atoms with Gasteiger partial charge in [-0.3, -0.25) is 9.78 Å². The van der Waals surface area contributed by atoms with E-state index in [9.17, 15) is 13.2 Å². The lowest BCUT2D eigenvalue weighted by molar-refractivity contribution is -0.139. The van der Waals surface area contributed by atoms with Crippen LogP contribution in [0.3, 0.4) is 0 Å². The van der Waals surface area contributed by atoms with Gasteiger partial charge in [0.1, 0.15) is 6.10 Å². The second-order valence-corrected chi connectivity index (χ2v) is 8.89. The van der Waals surface area contributed by atoms with Crippen LogP contribution in [0.4, 0.5) is 5.82 Å². The Labute approximate surface area is 163 Å².